The van der Waals surface area contributed by atoms with Gasteiger partial charge in [-0.1, -0.05) is 18.2 Å². The van der Waals surface area contributed by atoms with Crippen LogP contribution in [0.1, 0.15) is 16.7 Å². The molecule has 0 aromatic heterocycles. The highest BCUT2D eigenvalue weighted by Gasteiger charge is 2.03. The van der Waals surface area contributed by atoms with Gasteiger partial charge in [0.2, 0.25) is 0 Å². The fraction of sp³-hybridized carbons (Fsp3) is 0.250. The van der Waals surface area contributed by atoms with Gasteiger partial charge in [0, 0.05) is 6.54 Å². The molecule has 19 heavy (non-hydrogen) atoms. The quantitative estimate of drug-likeness (QED) is 0.894. The Hall–Kier alpha value is -2.03. The van der Waals surface area contributed by atoms with Crippen LogP contribution in [-0.4, -0.2) is 7.11 Å². The van der Waals surface area contributed by atoms with Crippen molar-refractivity contribution in [3.63, 3.8) is 0 Å². The molecule has 0 fully saturated rings. The fourth-order valence-corrected chi connectivity index (χ4v) is 2.02. The smallest absolute Gasteiger partial charge is 0.146 e. The van der Waals surface area contributed by atoms with E-state index in [9.17, 15) is 4.39 Å². The zero-order valence-corrected chi connectivity index (χ0v) is 11.5. The molecule has 0 aliphatic rings. The molecule has 0 aliphatic carbocycles. The second-order valence-electron chi connectivity index (χ2n) is 4.64. The monoisotopic (exact) mass is 259 g/mol. The molecule has 0 saturated heterocycles. The van der Waals surface area contributed by atoms with Gasteiger partial charge in [0.25, 0.3) is 0 Å². The van der Waals surface area contributed by atoms with Gasteiger partial charge < -0.3 is 10.1 Å². The lowest BCUT2D eigenvalue weighted by Crippen LogP contribution is -2.02. The summed E-state index contributed by atoms with van der Waals surface area (Å²) < 4.78 is 18.8. The number of nitrogens with one attached hydrogen (secondary N) is 1. The highest BCUT2D eigenvalue weighted by molar-refractivity contribution is 5.48. The van der Waals surface area contributed by atoms with E-state index < -0.39 is 0 Å². The minimum absolute atomic E-state index is 0.226. The summed E-state index contributed by atoms with van der Waals surface area (Å²) in [5.41, 5.74) is 3.74. The normalized spacial score (nSPS) is 10.3. The van der Waals surface area contributed by atoms with Crippen molar-refractivity contribution >= 4 is 5.69 Å². The van der Waals surface area contributed by atoms with E-state index in [0.717, 1.165) is 22.4 Å². The Morgan fingerprint density at radius 3 is 2.58 bits per heavy atom. The lowest BCUT2D eigenvalue weighted by atomic mass is 10.1. The van der Waals surface area contributed by atoms with E-state index in [4.69, 9.17) is 4.74 Å². The second-order valence-corrected chi connectivity index (χ2v) is 4.64. The summed E-state index contributed by atoms with van der Waals surface area (Å²) >= 11 is 0. The van der Waals surface area contributed by atoms with Crippen LogP contribution in [0.25, 0.3) is 0 Å². The van der Waals surface area contributed by atoms with E-state index in [0.29, 0.717) is 12.2 Å². The number of methoxy groups -OCH3 is 1. The highest BCUT2D eigenvalue weighted by atomic mass is 19.1. The molecule has 2 aromatic carbocycles. The van der Waals surface area contributed by atoms with E-state index >= 15 is 0 Å². The number of benzene rings is 2. The summed E-state index contributed by atoms with van der Waals surface area (Å²) in [4.78, 5) is 0. The maximum atomic E-state index is 13.6. The van der Waals surface area contributed by atoms with Crippen molar-refractivity contribution in [1.29, 1.82) is 0 Å². The molecule has 0 radical (unpaired) electrons. The molecule has 0 bridgehead atoms. The number of aryl methyl sites for hydroxylation is 2. The van der Waals surface area contributed by atoms with E-state index in [2.05, 4.69) is 5.32 Å². The van der Waals surface area contributed by atoms with E-state index in [1.807, 2.05) is 38.1 Å². The number of hydrogen-bond donors (Lipinski definition) is 1. The topological polar surface area (TPSA) is 21.3 Å². The first-order chi connectivity index (χ1) is 9.10. The molecule has 0 atom stereocenters. The first kappa shape index (κ1) is 13.4. The van der Waals surface area contributed by atoms with E-state index in [-0.39, 0.29) is 5.82 Å². The van der Waals surface area contributed by atoms with Crippen molar-refractivity contribution < 1.29 is 9.13 Å². The Morgan fingerprint density at radius 1 is 1.11 bits per heavy atom. The van der Waals surface area contributed by atoms with Gasteiger partial charge in [-0.05, 0) is 48.7 Å². The first-order valence-corrected chi connectivity index (χ1v) is 6.23. The predicted octanol–water partition coefficient (Wildman–Crippen LogP) is 4.06. The highest BCUT2D eigenvalue weighted by Crippen LogP contribution is 2.20. The number of rotatable bonds is 4. The summed E-state index contributed by atoms with van der Waals surface area (Å²) in [6.07, 6.45) is 0. The summed E-state index contributed by atoms with van der Waals surface area (Å²) in [5, 5.41) is 3.12. The molecule has 1 N–H and O–H groups in total. The van der Waals surface area contributed by atoms with Crippen LogP contribution in [0.5, 0.6) is 5.75 Å². The maximum Gasteiger partial charge on any atom is 0.146 e. The third-order valence-electron chi connectivity index (χ3n) is 3.06. The molecular weight excluding hydrogens is 241 g/mol. The van der Waals surface area contributed by atoms with Crippen LogP contribution >= 0.6 is 0 Å². The number of anilines is 1. The van der Waals surface area contributed by atoms with Gasteiger partial charge in [-0.2, -0.15) is 0 Å². The average Bonchev–Trinajstić information content (AvgIpc) is 2.40. The molecule has 2 aromatic rings. The summed E-state index contributed by atoms with van der Waals surface area (Å²) in [6, 6.07) is 11.0. The molecule has 0 unspecified atom stereocenters. The molecule has 0 saturated carbocycles. The maximum absolute atomic E-state index is 13.6. The van der Waals surface area contributed by atoms with Gasteiger partial charge in [-0.3, -0.25) is 0 Å². The largest absolute Gasteiger partial charge is 0.496 e. The average molecular weight is 259 g/mol. The van der Waals surface area contributed by atoms with Crippen molar-refractivity contribution in [2.75, 3.05) is 12.4 Å². The number of hydrogen-bond acceptors (Lipinski definition) is 2. The Balaban J connectivity index is 2.10. The van der Waals surface area contributed by atoms with Crippen LogP contribution in [0, 0.1) is 19.7 Å². The second kappa shape index (κ2) is 5.74. The number of ether oxygens (including phenoxy) is 1. The first-order valence-electron chi connectivity index (χ1n) is 6.23. The zero-order chi connectivity index (χ0) is 13.8. The molecular formula is C16H18FNO. The van der Waals surface area contributed by atoms with Crippen molar-refractivity contribution in [2.45, 2.75) is 20.4 Å². The Kier molecular flexibility index (Phi) is 4.05. The van der Waals surface area contributed by atoms with Crippen LogP contribution < -0.4 is 10.1 Å². The van der Waals surface area contributed by atoms with Crippen molar-refractivity contribution in [3.05, 3.63) is 58.9 Å². The lowest BCUT2D eigenvalue weighted by Gasteiger charge is -2.10. The molecule has 0 heterocycles. The van der Waals surface area contributed by atoms with Crippen LogP contribution in [0.15, 0.2) is 36.4 Å². The molecule has 2 rings (SSSR count). The van der Waals surface area contributed by atoms with Gasteiger partial charge in [0.1, 0.15) is 11.6 Å². The molecule has 0 spiro atoms. The lowest BCUT2D eigenvalue weighted by molar-refractivity contribution is 0.411. The van der Waals surface area contributed by atoms with Gasteiger partial charge in [-0.25, -0.2) is 4.39 Å². The summed E-state index contributed by atoms with van der Waals surface area (Å²) in [6.45, 7) is 4.53. The van der Waals surface area contributed by atoms with Crippen molar-refractivity contribution in [2.24, 2.45) is 0 Å². The summed E-state index contributed by atoms with van der Waals surface area (Å²) in [7, 11) is 1.66. The van der Waals surface area contributed by atoms with Crippen LogP contribution in [0.3, 0.4) is 0 Å². The van der Waals surface area contributed by atoms with Crippen LogP contribution in [-0.2, 0) is 6.54 Å². The molecule has 0 aliphatic heterocycles. The molecule has 0 amide bonds. The molecule has 2 nitrogen and oxygen atoms in total. The van der Waals surface area contributed by atoms with E-state index in [1.165, 1.54) is 6.07 Å². The summed E-state index contributed by atoms with van der Waals surface area (Å²) in [5.74, 6) is 0.640. The van der Waals surface area contributed by atoms with Gasteiger partial charge >= 0.3 is 0 Å². The molecule has 100 valence electrons. The Labute approximate surface area is 113 Å². The Bertz CT molecular complexity index is 581. The third-order valence-corrected chi connectivity index (χ3v) is 3.06. The SMILES string of the molecule is COc1ccc(CNc2cc(C)ccc2F)cc1C. The minimum Gasteiger partial charge on any atom is -0.496 e. The number of halogens is 1. The predicted molar refractivity (Wildman–Crippen MR) is 76.2 cm³/mol. The van der Waals surface area contributed by atoms with Gasteiger partial charge in [-0.15, -0.1) is 0 Å². The standard InChI is InChI=1S/C16H18FNO/c1-11-4-6-14(17)15(8-11)18-10-13-5-7-16(19-3)12(2)9-13/h4-9,18H,10H2,1-3H3. The van der Waals surface area contributed by atoms with Crippen LogP contribution in [0.2, 0.25) is 0 Å². The zero-order valence-electron chi connectivity index (χ0n) is 11.5. The third kappa shape index (κ3) is 3.25. The Morgan fingerprint density at radius 2 is 1.89 bits per heavy atom. The van der Waals surface area contributed by atoms with Gasteiger partial charge in [0.05, 0.1) is 12.8 Å². The molecule has 3 heteroatoms. The van der Waals surface area contributed by atoms with Crippen LogP contribution in [0.4, 0.5) is 10.1 Å². The minimum atomic E-state index is -0.226. The van der Waals surface area contributed by atoms with E-state index in [1.54, 1.807) is 13.2 Å². The van der Waals surface area contributed by atoms with Gasteiger partial charge in [0.15, 0.2) is 0 Å². The van der Waals surface area contributed by atoms with Crippen molar-refractivity contribution in [1.82, 2.24) is 0 Å². The van der Waals surface area contributed by atoms with Crippen molar-refractivity contribution in [3.8, 4) is 5.75 Å². The fourth-order valence-electron chi connectivity index (χ4n) is 2.02.